The SMILES string of the molecule is CN(C(=O)C(=O)Nc1ccc(OCc2ccc(Cl)cc2)cc1)c1ccccc1. The summed E-state index contributed by atoms with van der Waals surface area (Å²) < 4.78 is 5.70. The van der Waals surface area contributed by atoms with Crippen molar-refractivity contribution in [1.29, 1.82) is 0 Å². The van der Waals surface area contributed by atoms with E-state index in [9.17, 15) is 9.59 Å². The van der Waals surface area contributed by atoms with Crippen LogP contribution in [-0.2, 0) is 16.2 Å². The van der Waals surface area contributed by atoms with Crippen molar-refractivity contribution >= 4 is 34.8 Å². The normalized spacial score (nSPS) is 10.2. The average molecular weight is 395 g/mol. The van der Waals surface area contributed by atoms with E-state index >= 15 is 0 Å². The van der Waals surface area contributed by atoms with Crippen LogP contribution < -0.4 is 15.0 Å². The Bertz CT molecular complexity index is 942. The molecule has 5 nitrogen and oxygen atoms in total. The number of nitrogens with one attached hydrogen (secondary N) is 1. The fraction of sp³-hybridized carbons (Fsp3) is 0.0909. The molecular formula is C22H19ClN2O3. The molecule has 0 atom stereocenters. The van der Waals surface area contributed by atoms with E-state index in [2.05, 4.69) is 5.32 Å². The second-order valence-electron chi connectivity index (χ2n) is 6.09. The minimum absolute atomic E-state index is 0.406. The van der Waals surface area contributed by atoms with Gasteiger partial charge in [-0.15, -0.1) is 0 Å². The van der Waals surface area contributed by atoms with Gasteiger partial charge in [-0.05, 0) is 54.1 Å². The van der Waals surface area contributed by atoms with Crippen molar-refractivity contribution in [3.05, 3.63) is 89.4 Å². The van der Waals surface area contributed by atoms with Crippen LogP contribution in [0.5, 0.6) is 5.75 Å². The van der Waals surface area contributed by atoms with E-state index in [-0.39, 0.29) is 0 Å². The van der Waals surface area contributed by atoms with E-state index in [0.29, 0.717) is 28.8 Å². The minimum atomic E-state index is -0.707. The van der Waals surface area contributed by atoms with E-state index in [1.165, 1.54) is 4.90 Å². The molecule has 0 unspecified atom stereocenters. The van der Waals surface area contributed by atoms with Gasteiger partial charge in [-0.1, -0.05) is 41.9 Å². The predicted octanol–water partition coefficient (Wildman–Crippen LogP) is 4.52. The van der Waals surface area contributed by atoms with E-state index in [0.717, 1.165) is 5.56 Å². The van der Waals surface area contributed by atoms with E-state index in [1.807, 2.05) is 30.3 Å². The summed E-state index contributed by atoms with van der Waals surface area (Å²) in [6.45, 7) is 0.406. The molecule has 0 saturated heterocycles. The molecule has 3 aromatic carbocycles. The van der Waals surface area contributed by atoms with Crippen LogP contribution in [0.25, 0.3) is 0 Å². The van der Waals surface area contributed by atoms with Crippen molar-refractivity contribution in [1.82, 2.24) is 0 Å². The van der Waals surface area contributed by atoms with Gasteiger partial charge >= 0.3 is 11.8 Å². The monoisotopic (exact) mass is 394 g/mol. The molecule has 0 aromatic heterocycles. The third-order valence-corrected chi connectivity index (χ3v) is 4.33. The number of ether oxygens (including phenoxy) is 1. The molecule has 2 amide bonds. The molecule has 142 valence electrons. The van der Waals surface area contributed by atoms with Gasteiger partial charge in [0.1, 0.15) is 12.4 Å². The number of hydrogen-bond donors (Lipinski definition) is 1. The average Bonchev–Trinajstić information content (AvgIpc) is 2.74. The van der Waals surface area contributed by atoms with Gasteiger partial charge in [-0.2, -0.15) is 0 Å². The van der Waals surface area contributed by atoms with Gasteiger partial charge in [0.15, 0.2) is 0 Å². The van der Waals surface area contributed by atoms with Crippen molar-refractivity contribution in [2.45, 2.75) is 6.61 Å². The lowest BCUT2D eigenvalue weighted by Crippen LogP contribution is -2.37. The van der Waals surface area contributed by atoms with Crippen LogP contribution >= 0.6 is 11.6 Å². The predicted molar refractivity (Wildman–Crippen MR) is 111 cm³/mol. The molecule has 28 heavy (non-hydrogen) atoms. The summed E-state index contributed by atoms with van der Waals surface area (Å²) >= 11 is 5.86. The van der Waals surface area contributed by atoms with Crippen LogP contribution in [0.2, 0.25) is 5.02 Å². The number of likely N-dealkylation sites (N-methyl/N-ethyl adjacent to an activating group) is 1. The summed E-state index contributed by atoms with van der Waals surface area (Å²) in [4.78, 5) is 25.8. The number of amides is 2. The van der Waals surface area contributed by atoms with Crippen molar-refractivity contribution in [2.75, 3.05) is 17.3 Å². The van der Waals surface area contributed by atoms with Crippen LogP contribution in [0.1, 0.15) is 5.56 Å². The second kappa shape index (κ2) is 9.06. The molecule has 0 aliphatic heterocycles. The number of hydrogen-bond acceptors (Lipinski definition) is 3. The summed E-state index contributed by atoms with van der Waals surface area (Å²) in [5.74, 6) is -0.698. The van der Waals surface area contributed by atoms with Crippen LogP contribution in [-0.4, -0.2) is 18.9 Å². The number of para-hydroxylation sites is 1. The topological polar surface area (TPSA) is 58.6 Å². The Kier molecular flexibility index (Phi) is 6.29. The first kappa shape index (κ1) is 19.5. The Hall–Kier alpha value is -3.31. The van der Waals surface area contributed by atoms with Gasteiger partial charge in [-0.25, -0.2) is 0 Å². The number of carbonyl (C=O) groups excluding carboxylic acids is 2. The van der Waals surface area contributed by atoms with Gasteiger partial charge in [-0.3, -0.25) is 9.59 Å². The van der Waals surface area contributed by atoms with E-state index in [1.54, 1.807) is 55.6 Å². The molecule has 0 saturated carbocycles. The van der Waals surface area contributed by atoms with Crippen LogP contribution in [0.3, 0.4) is 0 Å². The summed E-state index contributed by atoms with van der Waals surface area (Å²) in [6.07, 6.45) is 0. The molecule has 0 aliphatic rings. The molecule has 0 radical (unpaired) electrons. The molecule has 1 N–H and O–H groups in total. The highest BCUT2D eigenvalue weighted by molar-refractivity contribution is 6.44. The van der Waals surface area contributed by atoms with Gasteiger partial charge in [0.2, 0.25) is 0 Å². The van der Waals surface area contributed by atoms with Crippen molar-refractivity contribution in [2.24, 2.45) is 0 Å². The van der Waals surface area contributed by atoms with Crippen LogP contribution in [0, 0.1) is 0 Å². The van der Waals surface area contributed by atoms with Crippen molar-refractivity contribution in [3.63, 3.8) is 0 Å². The Morgan fingerprint density at radius 3 is 2.21 bits per heavy atom. The molecule has 6 heteroatoms. The summed E-state index contributed by atoms with van der Waals surface area (Å²) in [6, 6.07) is 23.2. The zero-order valence-corrected chi connectivity index (χ0v) is 16.0. The number of carbonyl (C=O) groups is 2. The summed E-state index contributed by atoms with van der Waals surface area (Å²) in [5, 5.41) is 3.28. The zero-order valence-electron chi connectivity index (χ0n) is 15.3. The third kappa shape index (κ3) is 5.11. The van der Waals surface area contributed by atoms with E-state index in [4.69, 9.17) is 16.3 Å². The number of anilines is 2. The first-order valence-electron chi connectivity index (χ1n) is 8.64. The lowest BCUT2D eigenvalue weighted by atomic mass is 10.2. The first-order chi connectivity index (χ1) is 13.5. The lowest BCUT2D eigenvalue weighted by molar-refractivity contribution is -0.134. The molecule has 0 fully saturated rings. The number of benzene rings is 3. The Balaban J connectivity index is 1.55. The van der Waals surface area contributed by atoms with Gasteiger partial charge in [0.05, 0.1) is 0 Å². The molecule has 0 heterocycles. The fourth-order valence-electron chi connectivity index (χ4n) is 2.49. The molecule has 3 aromatic rings. The van der Waals surface area contributed by atoms with Crippen LogP contribution in [0.4, 0.5) is 11.4 Å². The van der Waals surface area contributed by atoms with E-state index < -0.39 is 11.8 Å². The van der Waals surface area contributed by atoms with Gasteiger partial charge in [0, 0.05) is 23.4 Å². The maximum absolute atomic E-state index is 12.3. The fourth-order valence-corrected chi connectivity index (χ4v) is 2.61. The Morgan fingerprint density at radius 2 is 1.57 bits per heavy atom. The standard InChI is InChI=1S/C22H19ClN2O3/c1-25(19-5-3-2-4-6-19)22(27)21(26)24-18-11-13-20(14-12-18)28-15-16-7-9-17(23)10-8-16/h2-14H,15H2,1H3,(H,24,26). The zero-order chi connectivity index (χ0) is 19.9. The van der Waals surface area contributed by atoms with Gasteiger partial charge < -0.3 is 15.0 Å². The Labute approximate surface area is 168 Å². The first-order valence-corrected chi connectivity index (χ1v) is 9.02. The van der Waals surface area contributed by atoms with Crippen LogP contribution in [0.15, 0.2) is 78.9 Å². The maximum atomic E-state index is 12.3. The molecule has 3 rings (SSSR count). The second-order valence-corrected chi connectivity index (χ2v) is 6.53. The summed E-state index contributed by atoms with van der Waals surface area (Å²) in [5.41, 5.74) is 2.16. The van der Waals surface area contributed by atoms with Crippen molar-refractivity contribution < 1.29 is 14.3 Å². The highest BCUT2D eigenvalue weighted by Crippen LogP contribution is 2.18. The lowest BCUT2D eigenvalue weighted by Gasteiger charge is -2.16. The Morgan fingerprint density at radius 1 is 0.929 bits per heavy atom. The largest absolute Gasteiger partial charge is 0.489 e. The number of rotatable bonds is 5. The molecule has 0 spiro atoms. The maximum Gasteiger partial charge on any atom is 0.316 e. The number of nitrogens with zero attached hydrogens (tertiary/aromatic N) is 1. The summed E-state index contributed by atoms with van der Waals surface area (Å²) in [7, 11) is 1.56. The molecular weight excluding hydrogens is 376 g/mol. The number of halogens is 1. The molecule has 0 bridgehead atoms. The minimum Gasteiger partial charge on any atom is -0.489 e. The smallest absolute Gasteiger partial charge is 0.316 e. The van der Waals surface area contributed by atoms with Gasteiger partial charge in [0.25, 0.3) is 0 Å². The highest BCUT2D eigenvalue weighted by Gasteiger charge is 2.19. The van der Waals surface area contributed by atoms with Crippen molar-refractivity contribution in [3.8, 4) is 5.75 Å². The highest BCUT2D eigenvalue weighted by atomic mass is 35.5. The third-order valence-electron chi connectivity index (χ3n) is 4.07. The quantitative estimate of drug-likeness (QED) is 0.647. The molecule has 0 aliphatic carbocycles.